The monoisotopic (exact) mass is 191 g/mol. The lowest BCUT2D eigenvalue weighted by Gasteiger charge is -2.02. The minimum atomic E-state index is -0.000414. The van der Waals surface area contributed by atoms with Crippen LogP contribution < -0.4 is 4.74 Å². The average molecular weight is 192 g/mol. The molecule has 0 N–H and O–H groups in total. The van der Waals surface area contributed by atoms with Gasteiger partial charge in [0.05, 0.1) is 12.1 Å². The van der Waals surface area contributed by atoms with Crippen molar-refractivity contribution in [3.63, 3.8) is 0 Å². The maximum atomic E-state index is 10.9. The summed E-state index contributed by atoms with van der Waals surface area (Å²) in [5.74, 6) is 0.584. The van der Waals surface area contributed by atoms with Crippen molar-refractivity contribution in [3.05, 3.63) is 28.8 Å². The molecule has 0 spiro atoms. The number of rotatable bonds is 2. The molecule has 0 unspecified atom stereocenters. The molecule has 1 aromatic carbocycles. The highest BCUT2D eigenvalue weighted by atomic mass is 35.5. The lowest BCUT2D eigenvalue weighted by Crippen LogP contribution is -1.92. The summed E-state index contributed by atoms with van der Waals surface area (Å²) in [6.45, 7) is 1.50. The Balaban J connectivity index is 3.10. The zero-order chi connectivity index (χ0) is 9.14. The molecule has 1 rings (SSSR count). The lowest BCUT2D eigenvalue weighted by molar-refractivity contribution is 0.101. The van der Waals surface area contributed by atoms with Gasteiger partial charge in [0, 0.05) is 5.56 Å². The smallest absolute Gasteiger partial charge is 0.159 e. The molecule has 0 atom stereocenters. The number of benzene rings is 1. The summed E-state index contributed by atoms with van der Waals surface area (Å²) in [4.78, 5) is 10.9. The van der Waals surface area contributed by atoms with Gasteiger partial charge < -0.3 is 4.74 Å². The second-order valence-corrected chi connectivity index (χ2v) is 2.81. The SMILES string of the molecule is CO[13c]1[13cH][13cH][13c]([13C](C)=O)[13cH][13c]1Cl. The molecule has 3 heteroatoms. The Morgan fingerprint density at radius 1 is 1.50 bits per heavy atom. The van der Waals surface area contributed by atoms with E-state index in [4.69, 9.17) is 16.3 Å². The van der Waals surface area contributed by atoms with Crippen LogP contribution in [0.25, 0.3) is 0 Å². The van der Waals surface area contributed by atoms with E-state index in [-0.39, 0.29) is 5.78 Å². The number of hydrogen-bond acceptors (Lipinski definition) is 2. The molecule has 0 aliphatic heterocycles. The number of ketones is 1. The Hall–Kier alpha value is -1.02. The van der Waals surface area contributed by atoms with Crippen LogP contribution in [0.4, 0.5) is 0 Å². The van der Waals surface area contributed by atoms with E-state index in [2.05, 4.69) is 0 Å². The van der Waals surface area contributed by atoms with E-state index in [0.717, 1.165) is 0 Å². The number of halogens is 1. The molecule has 0 aromatic heterocycles. The van der Waals surface area contributed by atoms with Crippen LogP contribution in [0.3, 0.4) is 0 Å². The van der Waals surface area contributed by atoms with Gasteiger partial charge in [-0.25, -0.2) is 0 Å². The molecule has 0 amide bonds. The molecule has 0 aliphatic rings. The molecule has 0 aliphatic carbocycles. The van der Waals surface area contributed by atoms with Gasteiger partial charge in [0.1, 0.15) is 5.75 Å². The second-order valence-electron chi connectivity index (χ2n) is 2.41. The summed E-state index contributed by atoms with van der Waals surface area (Å²) < 4.78 is 4.94. The third kappa shape index (κ3) is 1.77. The van der Waals surface area contributed by atoms with Crippen molar-refractivity contribution in [1.82, 2.24) is 0 Å². The summed E-state index contributed by atoms with van der Waals surface area (Å²) in [6, 6.07) is 4.97. The van der Waals surface area contributed by atoms with Crippen molar-refractivity contribution < 1.29 is 9.53 Å². The molecule has 0 saturated carbocycles. The predicted molar refractivity (Wildman–Crippen MR) is 48.0 cm³/mol. The highest BCUT2D eigenvalue weighted by Crippen LogP contribution is 2.24. The number of Topliss-reactive ketones (excluding diaryl/α,β-unsaturated/α-hetero) is 1. The summed E-state index contributed by atoms with van der Waals surface area (Å²) >= 11 is 5.80. The van der Waals surface area contributed by atoms with Crippen LogP contribution in [-0.2, 0) is 0 Å². The Labute approximate surface area is 76.1 Å². The maximum absolute atomic E-state index is 10.9. The molecular formula is C9H9ClO2. The van der Waals surface area contributed by atoms with E-state index in [9.17, 15) is 4.79 Å². The number of hydrogen-bond donors (Lipinski definition) is 0. The highest BCUT2D eigenvalue weighted by molar-refractivity contribution is 6.32. The van der Waals surface area contributed by atoms with Crippen molar-refractivity contribution >= 4 is 17.4 Å². The fourth-order valence-corrected chi connectivity index (χ4v) is 1.14. The third-order valence-electron chi connectivity index (χ3n) is 1.56. The van der Waals surface area contributed by atoms with E-state index < -0.39 is 0 Å². The fourth-order valence-electron chi connectivity index (χ4n) is 0.885. The van der Waals surface area contributed by atoms with E-state index in [1.165, 1.54) is 14.0 Å². The van der Waals surface area contributed by atoms with Crippen LogP contribution in [0, 0.1) is 0 Å². The molecule has 12 heavy (non-hydrogen) atoms. The van der Waals surface area contributed by atoms with Crippen LogP contribution in [0.15, 0.2) is 18.2 Å². The molecule has 2 nitrogen and oxygen atoms in total. The van der Waals surface area contributed by atoms with Crippen molar-refractivity contribution in [2.24, 2.45) is 0 Å². The second kappa shape index (κ2) is 3.59. The molecule has 1 aromatic rings. The molecule has 64 valence electrons. The maximum Gasteiger partial charge on any atom is 0.159 e. The zero-order valence-electron chi connectivity index (χ0n) is 6.93. The first kappa shape index (κ1) is 9.07. The van der Waals surface area contributed by atoms with Gasteiger partial charge in [-0.15, -0.1) is 0 Å². The van der Waals surface area contributed by atoms with Gasteiger partial charge in [0.2, 0.25) is 0 Å². The Morgan fingerprint density at radius 3 is 2.58 bits per heavy atom. The van der Waals surface area contributed by atoms with E-state index >= 15 is 0 Å². The third-order valence-corrected chi connectivity index (χ3v) is 1.85. The normalized spacial score (nSPS) is 9.58. The van der Waals surface area contributed by atoms with Crippen LogP contribution in [0.1, 0.15) is 17.3 Å². The first-order chi connectivity index (χ1) is 5.65. The van der Waals surface area contributed by atoms with Crippen molar-refractivity contribution in [2.75, 3.05) is 7.11 Å². The average Bonchev–Trinajstić information content (AvgIpc) is 2.04. The standard InChI is InChI=1S/C9H9ClO2/c1-6(11)7-3-4-9(12-2)8(10)5-7/h3-5H,1-2H3/i3+1,4+1,5+1,6+1,7+1,8+1,9+1. The van der Waals surface area contributed by atoms with E-state index in [1.807, 2.05) is 0 Å². The Morgan fingerprint density at radius 2 is 2.17 bits per heavy atom. The molecule has 0 fully saturated rings. The minimum Gasteiger partial charge on any atom is -0.495 e. The molecule has 0 bridgehead atoms. The van der Waals surface area contributed by atoms with Gasteiger partial charge in [-0.2, -0.15) is 0 Å². The van der Waals surface area contributed by atoms with Crippen molar-refractivity contribution in [2.45, 2.75) is 6.92 Å². The molecular weight excluding hydrogens is 182 g/mol. The number of ether oxygens (including phenoxy) is 1. The van der Waals surface area contributed by atoms with Gasteiger partial charge in [0.15, 0.2) is 5.78 Å². The number of methoxy groups -OCH3 is 1. The minimum absolute atomic E-state index is 0.000414. The van der Waals surface area contributed by atoms with Gasteiger partial charge in [0.25, 0.3) is 0 Å². The van der Waals surface area contributed by atoms with Crippen LogP contribution in [0.2, 0.25) is 5.02 Å². The fraction of sp³-hybridized carbons (Fsp3) is 0.222. The van der Waals surface area contributed by atoms with Crippen molar-refractivity contribution in [1.29, 1.82) is 0 Å². The van der Waals surface area contributed by atoms with Crippen molar-refractivity contribution in [3.8, 4) is 5.75 Å². The summed E-state index contributed by atoms with van der Waals surface area (Å²) in [6.07, 6.45) is 0. The largest absolute Gasteiger partial charge is 0.495 e. The molecule has 0 radical (unpaired) electrons. The Bertz CT molecular complexity index is 307. The Kier molecular flexibility index (Phi) is 2.71. The first-order valence-corrected chi connectivity index (χ1v) is 3.87. The summed E-state index contributed by atoms with van der Waals surface area (Å²) in [7, 11) is 1.54. The van der Waals surface area contributed by atoms with Crippen LogP contribution >= 0.6 is 11.6 Å². The van der Waals surface area contributed by atoms with Gasteiger partial charge in [-0.1, -0.05) is 11.6 Å². The zero-order valence-corrected chi connectivity index (χ0v) is 7.68. The molecule has 0 heterocycles. The summed E-state index contributed by atoms with van der Waals surface area (Å²) in [5, 5.41) is 0.463. The predicted octanol–water partition coefficient (Wildman–Crippen LogP) is 2.55. The number of carbonyl (C=O) groups excluding carboxylic acids is 1. The van der Waals surface area contributed by atoms with Gasteiger partial charge >= 0.3 is 0 Å². The van der Waals surface area contributed by atoms with Gasteiger partial charge in [-0.3, -0.25) is 4.79 Å². The molecule has 0 saturated heterocycles. The quantitative estimate of drug-likeness (QED) is 0.531. The topological polar surface area (TPSA) is 26.3 Å². The summed E-state index contributed by atoms with van der Waals surface area (Å²) in [5.41, 5.74) is 0.598. The van der Waals surface area contributed by atoms with Gasteiger partial charge in [-0.05, 0) is 25.1 Å². The highest BCUT2D eigenvalue weighted by Gasteiger charge is 2.03. The van der Waals surface area contributed by atoms with E-state index in [1.54, 1.807) is 18.2 Å². The first-order valence-electron chi connectivity index (χ1n) is 3.49. The number of carbonyl (C=O) groups is 1. The lowest BCUT2D eigenvalue weighted by atomic mass is 11.0. The van der Waals surface area contributed by atoms with Crippen LogP contribution in [-0.4, -0.2) is 12.9 Å². The van der Waals surface area contributed by atoms with E-state index in [0.29, 0.717) is 16.3 Å². The van der Waals surface area contributed by atoms with Crippen LogP contribution in [0.5, 0.6) is 5.75 Å².